The van der Waals surface area contributed by atoms with Crippen LogP contribution in [0.15, 0.2) is 53.8 Å². The summed E-state index contributed by atoms with van der Waals surface area (Å²) in [7, 11) is 3.15. The number of nitrogens with zero attached hydrogens (tertiary/aromatic N) is 3. The van der Waals surface area contributed by atoms with Gasteiger partial charge in [0.25, 0.3) is 5.91 Å². The molecule has 0 atom stereocenters. The van der Waals surface area contributed by atoms with Crippen LogP contribution in [0.3, 0.4) is 0 Å². The summed E-state index contributed by atoms with van der Waals surface area (Å²) in [6, 6.07) is 12.4. The summed E-state index contributed by atoms with van der Waals surface area (Å²) in [4.78, 5) is 16.3. The highest BCUT2D eigenvalue weighted by Crippen LogP contribution is 2.32. The molecule has 0 bridgehead atoms. The van der Waals surface area contributed by atoms with E-state index in [1.54, 1.807) is 56.8 Å². The molecule has 0 fully saturated rings. The van der Waals surface area contributed by atoms with Gasteiger partial charge in [0.05, 0.1) is 31.8 Å². The van der Waals surface area contributed by atoms with Gasteiger partial charge in [0.1, 0.15) is 17.2 Å². The average molecular weight is 351 g/mol. The summed E-state index contributed by atoms with van der Waals surface area (Å²) >= 11 is 0. The highest BCUT2D eigenvalue weighted by molar-refractivity contribution is 5.94. The van der Waals surface area contributed by atoms with Gasteiger partial charge in [-0.3, -0.25) is 14.9 Å². The Morgan fingerprint density at radius 3 is 2.81 bits per heavy atom. The Kier molecular flexibility index (Phi) is 5.23. The van der Waals surface area contributed by atoms with Gasteiger partial charge in [-0.05, 0) is 36.4 Å². The van der Waals surface area contributed by atoms with Crippen molar-refractivity contribution in [3.05, 3.63) is 60.0 Å². The number of H-pyrrole nitrogens is 1. The van der Waals surface area contributed by atoms with Crippen LogP contribution in [0, 0.1) is 0 Å². The van der Waals surface area contributed by atoms with Gasteiger partial charge in [0.15, 0.2) is 0 Å². The van der Waals surface area contributed by atoms with E-state index < -0.39 is 5.91 Å². The first-order valence-corrected chi connectivity index (χ1v) is 7.73. The molecule has 26 heavy (non-hydrogen) atoms. The summed E-state index contributed by atoms with van der Waals surface area (Å²) in [6.07, 6.45) is 3.10. The number of hydrazone groups is 1. The zero-order valence-electron chi connectivity index (χ0n) is 14.3. The number of pyridine rings is 1. The van der Waals surface area contributed by atoms with Crippen LogP contribution < -0.4 is 14.9 Å². The molecule has 1 aromatic carbocycles. The number of nitrogens with one attached hydrogen (secondary N) is 2. The summed E-state index contributed by atoms with van der Waals surface area (Å²) in [5.41, 5.74) is 4.59. The van der Waals surface area contributed by atoms with Gasteiger partial charge < -0.3 is 9.47 Å². The molecule has 0 unspecified atom stereocenters. The van der Waals surface area contributed by atoms with Crippen LogP contribution in [0.1, 0.15) is 16.2 Å². The molecule has 0 saturated heterocycles. The number of ether oxygens (including phenoxy) is 2. The maximum Gasteiger partial charge on any atom is 0.289 e. The van der Waals surface area contributed by atoms with Gasteiger partial charge in [-0.2, -0.15) is 10.2 Å². The van der Waals surface area contributed by atoms with E-state index in [1.165, 1.54) is 6.21 Å². The van der Waals surface area contributed by atoms with Gasteiger partial charge in [-0.25, -0.2) is 5.43 Å². The van der Waals surface area contributed by atoms with Crippen LogP contribution in [-0.4, -0.2) is 41.5 Å². The third-order valence-corrected chi connectivity index (χ3v) is 3.56. The van der Waals surface area contributed by atoms with Crippen LogP contribution in [0.2, 0.25) is 0 Å². The Bertz CT molecular complexity index is 922. The highest BCUT2D eigenvalue weighted by atomic mass is 16.5. The third kappa shape index (κ3) is 3.86. The van der Waals surface area contributed by atoms with E-state index in [4.69, 9.17) is 9.47 Å². The Morgan fingerprint density at radius 2 is 2.08 bits per heavy atom. The van der Waals surface area contributed by atoms with E-state index in [0.29, 0.717) is 28.5 Å². The molecule has 2 heterocycles. The van der Waals surface area contributed by atoms with Crippen LogP contribution in [0.5, 0.6) is 11.5 Å². The van der Waals surface area contributed by atoms with Crippen molar-refractivity contribution in [3.8, 4) is 22.8 Å². The molecule has 0 aliphatic carbocycles. The van der Waals surface area contributed by atoms with Crippen molar-refractivity contribution in [2.75, 3.05) is 14.2 Å². The van der Waals surface area contributed by atoms with Gasteiger partial charge in [-0.1, -0.05) is 6.07 Å². The number of benzene rings is 1. The van der Waals surface area contributed by atoms with Crippen molar-refractivity contribution in [1.29, 1.82) is 0 Å². The number of aromatic nitrogens is 3. The lowest BCUT2D eigenvalue weighted by atomic mass is 10.1. The van der Waals surface area contributed by atoms with E-state index in [2.05, 4.69) is 25.7 Å². The zero-order chi connectivity index (χ0) is 18.4. The molecule has 0 spiro atoms. The fourth-order valence-electron chi connectivity index (χ4n) is 2.26. The first kappa shape index (κ1) is 17.2. The van der Waals surface area contributed by atoms with Crippen molar-refractivity contribution >= 4 is 12.1 Å². The van der Waals surface area contributed by atoms with Crippen LogP contribution in [-0.2, 0) is 0 Å². The number of aromatic amines is 1. The number of carbonyl (C=O) groups is 1. The number of methoxy groups -OCH3 is 2. The molecule has 2 aromatic heterocycles. The third-order valence-electron chi connectivity index (χ3n) is 3.56. The zero-order valence-corrected chi connectivity index (χ0v) is 14.3. The highest BCUT2D eigenvalue weighted by Gasteiger charge is 2.14. The van der Waals surface area contributed by atoms with Crippen molar-refractivity contribution in [2.45, 2.75) is 0 Å². The Labute approximate surface area is 149 Å². The average Bonchev–Trinajstić information content (AvgIpc) is 3.18. The van der Waals surface area contributed by atoms with Gasteiger partial charge >= 0.3 is 0 Å². The second-order valence-electron chi connectivity index (χ2n) is 5.19. The quantitative estimate of drug-likeness (QED) is 0.524. The van der Waals surface area contributed by atoms with E-state index in [1.807, 2.05) is 6.07 Å². The molecule has 0 aliphatic rings. The Morgan fingerprint density at radius 1 is 1.19 bits per heavy atom. The van der Waals surface area contributed by atoms with E-state index >= 15 is 0 Å². The van der Waals surface area contributed by atoms with Gasteiger partial charge in [-0.15, -0.1) is 0 Å². The minimum Gasteiger partial charge on any atom is -0.497 e. The Balaban J connectivity index is 1.75. The van der Waals surface area contributed by atoms with Crippen LogP contribution in [0.4, 0.5) is 0 Å². The fraction of sp³-hybridized carbons (Fsp3) is 0.111. The van der Waals surface area contributed by atoms with Crippen molar-refractivity contribution < 1.29 is 14.3 Å². The minimum atomic E-state index is -0.419. The van der Waals surface area contributed by atoms with E-state index in [-0.39, 0.29) is 5.69 Å². The number of hydrogen-bond acceptors (Lipinski definition) is 6. The smallest absolute Gasteiger partial charge is 0.289 e. The molecule has 132 valence electrons. The van der Waals surface area contributed by atoms with E-state index in [9.17, 15) is 4.79 Å². The predicted molar refractivity (Wildman–Crippen MR) is 96.4 cm³/mol. The summed E-state index contributed by atoms with van der Waals surface area (Å²) in [5, 5.41) is 10.7. The second-order valence-corrected chi connectivity index (χ2v) is 5.19. The molecule has 3 rings (SSSR count). The lowest BCUT2D eigenvalue weighted by molar-refractivity contribution is 0.0950. The second kappa shape index (κ2) is 7.93. The molecule has 8 heteroatoms. The van der Waals surface area contributed by atoms with Crippen LogP contribution >= 0.6 is 0 Å². The van der Waals surface area contributed by atoms with Crippen molar-refractivity contribution in [1.82, 2.24) is 20.6 Å². The summed E-state index contributed by atoms with van der Waals surface area (Å²) < 4.78 is 10.6. The molecule has 1 amide bonds. The molecule has 0 aliphatic heterocycles. The molecule has 3 aromatic rings. The minimum absolute atomic E-state index is 0.267. The van der Waals surface area contributed by atoms with Crippen LogP contribution in [0.25, 0.3) is 11.3 Å². The standard InChI is InChI=1S/C18H17N5O3/c1-25-13-6-7-17(26-2)14(9-13)15-10-16(22-21-15)18(24)23-20-11-12-5-3-4-8-19-12/h3-11H,1-2H3,(H,21,22)(H,23,24). The monoisotopic (exact) mass is 351 g/mol. The van der Waals surface area contributed by atoms with Gasteiger partial charge in [0, 0.05) is 11.8 Å². The molecular formula is C18H17N5O3. The maximum atomic E-state index is 12.2. The first-order valence-electron chi connectivity index (χ1n) is 7.73. The number of carbonyl (C=O) groups excluding carboxylic acids is 1. The predicted octanol–water partition coefficient (Wildman–Crippen LogP) is 2.25. The maximum absolute atomic E-state index is 12.2. The molecular weight excluding hydrogens is 334 g/mol. The molecule has 0 saturated carbocycles. The number of rotatable bonds is 6. The van der Waals surface area contributed by atoms with E-state index in [0.717, 1.165) is 0 Å². The lowest BCUT2D eigenvalue weighted by Gasteiger charge is -2.08. The van der Waals surface area contributed by atoms with Crippen molar-refractivity contribution in [2.24, 2.45) is 5.10 Å². The first-order chi connectivity index (χ1) is 12.7. The number of hydrogen-bond donors (Lipinski definition) is 2. The normalized spacial score (nSPS) is 10.7. The largest absolute Gasteiger partial charge is 0.497 e. The SMILES string of the molecule is COc1ccc(OC)c(-c2cc(C(=O)NN=Cc3ccccn3)[nH]n2)c1. The van der Waals surface area contributed by atoms with Gasteiger partial charge in [0.2, 0.25) is 0 Å². The molecule has 2 N–H and O–H groups in total. The topological polar surface area (TPSA) is 101 Å². The lowest BCUT2D eigenvalue weighted by Crippen LogP contribution is -2.18. The fourth-order valence-corrected chi connectivity index (χ4v) is 2.26. The molecule has 0 radical (unpaired) electrons. The number of amides is 1. The Hall–Kier alpha value is -3.68. The summed E-state index contributed by atoms with van der Waals surface area (Å²) in [6.45, 7) is 0. The van der Waals surface area contributed by atoms with Crippen molar-refractivity contribution in [3.63, 3.8) is 0 Å². The summed E-state index contributed by atoms with van der Waals surface area (Å²) in [5.74, 6) is 0.866. The molecule has 8 nitrogen and oxygen atoms in total.